The largest absolute Gasteiger partial charge is 0.216 e. The van der Waals surface area contributed by atoms with E-state index in [2.05, 4.69) is 23.7 Å². The van der Waals surface area contributed by atoms with Crippen LogP contribution in [0.2, 0.25) is 0 Å². The summed E-state index contributed by atoms with van der Waals surface area (Å²) in [6.07, 6.45) is 1.23. The maximum Gasteiger partial charge on any atom is 0.0660 e. The Bertz CT molecular complexity index is 71.9. The highest BCUT2D eigenvalue weighted by Crippen LogP contribution is 2.31. The molecule has 34 valence electrons. The molecule has 1 rings (SSSR count). The molecule has 0 amide bonds. The first-order valence-corrected chi connectivity index (χ1v) is 2.53. The number of nitrogens with zero attached hydrogens (tertiary/aromatic N) is 1. The summed E-state index contributed by atoms with van der Waals surface area (Å²) in [4.78, 5) is 0. The van der Waals surface area contributed by atoms with Crippen molar-refractivity contribution >= 4 is 12.4 Å². The monoisotopic (exact) mass is 101 g/mol. The van der Waals surface area contributed by atoms with E-state index in [4.69, 9.17) is 0 Å². The second-order valence-corrected chi connectivity index (χ2v) is 2.10. The highest BCUT2D eigenvalue weighted by Gasteiger charge is 2.31. The Hall–Kier alpha value is 0.0200. The molecule has 0 radical (unpaired) electrons. The minimum absolute atomic E-state index is 0.542. The molecule has 0 aromatic rings. The van der Waals surface area contributed by atoms with Crippen molar-refractivity contribution in [2.75, 3.05) is 0 Å². The Morgan fingerprint density at radius 1 is 1.83 bits per heavy atom. The van der Waals surface area contributed by atoms with Gasteiger partial charge in [-0.2, -0.15) is 0 Å². The van der Waals surface area contributed by atoms with Crippen molar-refractivity contribution in [2.24, 2.45) is 10.3 Å². The lowest BCUT2D eigenvalue weighted by molar-refractivity contribution is 0.906. The van der Waals surface area contributed by atoms with Crippen molar-refractivity contribution in [3.63, 3.8) is 0 Å². The Morgan fingerprint density at radius 3 is 2.33 bits per heavy atom. The summed E-state index contributed by atoms with van der Waals surface area (Å²) in [5.74, 6) is 0.794. The van der Waals surface area contributed by atoms with Crippen molar-refractivity contribution in [1.29, 1.82) is 0 Å². The molecular weight excluding hydrogens is 94.1 g/mol. The van der Waals surface area contributed by atoms with Crippen molar-refractivity contribution in [2.45, 2.75) is 19.4 Å². The van der Waals surface area contributed by atoms with Gasteiger partial charge in [-0.15, -0.1) is 0 Å². The molecule has 0 aromatic carbocycles. The number of hydrogen-bond donors (Lipinski definition) is 0. The molecule has 1 saturated carbocycles. The van der Waals surface area contributed by atoms with Gasteiger partial charge in [0.1, 0.15) is 0 Å². The summed E-state index contributed by atoms with van der Waals surface area (Å²) in [7, 11) is 0. The van der Waals surface area contributed by atoms with Crippen LogP contribution in [0.1, 0.15) is 13.3 Å². The molecule has 1 aliphatic carbocycles. The summed E-state index contributed by atoms with van der Waals surface area (Å²) in [6, 6.07) is 0.542. The van der Waals surface area contributed by atoms with Crippen LogP contribution in [0.15, 0.2) is 4.36 Å². The lowest BCUT2D eigenvalue weighted by Gasteiger charge is -1.70. The molecule has 2 heteroatoms. The lowest BCUT2D eigenvalue weighted by atomic mass is 10.5. The third kappa shape index (κ3) is 0.570. The fraction of sp³-hybridized carbons (Fsp3) is 1.00. The first-order valence-electron chi connectivity index (χ1n) is 2.17. The summed E-state index contributed by atoms with van der Waals surface area (Å²) in [6.45, 7) is 2.17. The molecule has 0 N–H and O–H groups in total. The van der Waals surface area contributed by atoms with Crippen molar-refractivity contribution < 1.29 is 0 Å². The van der Waals surface area contributed by atoms with Gasteiger partial charge in [-0.1, -0.05) is 6.92 Å². The quantitative estimate of drug-likeness (QED) is 0.482. The standard InChI is InChI=1S/C4H7NS/c1-3-2-4(3)5-6/h3-4H,2H2,1H3/t3-,4-/m0/s1. The molecular formula is C4H7NS. The van der Waals surface area contributed by atoms with E-state index >= 15 is 0 Å². The molecule has 0 heterocycles. The van der Waals surface area contributed by atoms with E-state index in [1.54, 1.807) is 0 Å². The summed E-state index contributed by atoms with van der Waals surface area (Å²) in [5.41, 5.74) is 0. The summed E-state index contributed by atoms with van der Waals surface area (Å²) >= 11 is 4.44. The van der Waals surface area contributed by atoms with Crippen LogP contribution in [-0.2, 0) is 12.4 Å². The van der Waals surface area contributed by atoms with Gasteiger partial charge in [0.25, 0.3) is 0 Å². The maximum absolute atomic E-state index is 4.44. The van der Waals surface area contributed by atoms with Gasteiger partial charge in [0.05, 0.1) is 6.04 Å². The van der Waals surface area contributed by atoms with Crippen molar-refractivity contribution in [3.8, 4) is 0 Å². The van der Waals surface area contributed by atoms with E-state index in [0.29, 0.717) is 6.04 Å². The second kappa shape index (κ2) is 1.26. The molecule has 0 aliphatic heterocycles. The highest BCUT2D eigenvalue weighted by molar-refractivity contribution is 7.47. The van der Waals surface area contributed by atoms with Gasteiger partial charge in [0, 0.05) is 12.4 Å². The second-order valence-electron chi connectivity index (χ2n) is 1.89. The first kappa shape index (κ1) is 4.19. The topological polar surface area (TPSA) is 12.4 Å². The zero-order valence-electron chi connectivity index (χ0n) is 3.72. The van der Waals surface area contributed by atoms with E-state index in [1.807, 2.05) is 0 Å². The van der Waals surface area contributed by atoms with Gasteiger partial charge in [0.15, 0.2) is 0 Å². The SMILES string of the molecule is C[C@H]1C[C@@H]1N=S. The van der Waals surface area contributed by atoms with E-state index in [0.717, 1.165) is 5.92 Å². The first-order chi connectivity index (χ1) is 2.84. The van der Waals surface area contributed by atoms with Crippen LogP contribution in [-0.4, -0.2) is 6.04 Å². The van der Waals surface area contributed by atoms with Crippen molar-refractivity contribution in [3.05, 3.63) is 0 Å². The van der Waals surface area contributed by atoms with Crippen LogP contribution in [0.4, 0.5) is 0 Å². The highest BCUT2D eigenvalue weighted by atomic mass is 32.1. The van der Waals surface area contributed by atoms with Gasteiger partial charge < -0.3 is 0 Å². The average molecular weight is 101 g/mol. The Morgan fingerprint density at radius 2 is 2.33 bits per heavy atom. The molecule has 0 aromatic heterocycles. The van der Waals surface area contributed by atoms with Crippen LogP contribution in [0.25, 0.3) is 0 Å². The molecule has 6 heavy (non-hydrogen) atoms. The lowest BCUT2D eigenvalue weighted by Crippen LogP contribution is -1.71. The number of hydrogen-bond acceptors (Lipinski definition) is 2. The van der Waals surface area contributed by atoms with E-state index in [1.165, 1.54) is 6.42 Å². The van der Waals surface area contributed by atoms with Gasteiger partial charge in [0.2, 0.25) is 0 Å². The van der Waals surface area contributed by atoms with Crippen LogP contribution in [0, 0.1) is 5.92 Å². The molecule has 0 unspecified atom stereocenters. The predicted octanol–water partition coefficient (Wildman–Crippen LogP) is 1.13. The molecule has 0 spiro atoms. The van der Waals surface area contributed by atoms with E-state index in [-0.39, 0.29) is 0 Å². The zero-order chi connectivity index (χ0) is 4.57. The van der Waals surface area contributed by atoms with Crippen LogP contribution in [0.5, 0.6) is 0 Å². The van der Waals surface area contributed by atoms with Crippen LogP contribution < -0.4 is 0 Å². The molecule has 0 bridgehead atoms. The van der Waals surface area contributed by atoms with Crippen LogP contribution >= 0.6 is 0 Å². The normalized spacial score (nSPS) is 42.2. The van der Waals surface area contributed by atoms with Crippen LogP contribution in [0.3, 0.4) is 0 Å². The molecule has 0 saturated heterocycles. The van der Waals surface area contributed by atoms with E-state index < -0.39 is 0 Å². The van der Waals surface area contributed by atoms with Gasteiger partial charge in [-0.25, -0.2) is 4.36 Å². The molecule has 1 aliphatic rings. The van der Waals surface area contributed by atoms with E-state index in [9.17, 15) is 0 Å². The fourth-order valence-corrected chi connectivity index (χ4v) is 0.743. The zero-order valence-corrected chi connectivity index (χ0v) is 4.53. The predicted molar refractivity (Wildman–Crippen MR) is 27.4 cm³/mol. The Labute approximate surface area is 42.9 Å². The molecule has 2 atom stereocenters. The van der Waals surface area contributed by atoms with Gasteiger partial charge >= 0.3 is 0 Å². The summed E-state index contributed by atoms with van der Waals surface area (Å²) < 4.78 is 3.66. The fourth-order valence-electron chi connectivity index (χ4n) is 0.449. The average Bonchev–Trinajstić information content (AvgIpc) is 2.19. The van der Waals surface area contributed by atoms with Crippen molar-refractivity contribution in [1.82, 2.24) is 0 Å². The minimum Gasteiger partial charge on any atom is -0.216 e. The Balaban J connectivity index is 2.25. The molecule has 1 fully saturated rings. The third-order valence-corrected chi connectivity index (χ3v) is 1.47. The molecule has 1 nitrogen and oxygen atoms in total. The Kier molecular flexibility index (Phi) is 0.880. The van der Waals surface area contributed by atoms with Gasteiger partial charge in [-0.05, 0) is 12.3 Å². The third-order valence-electron chi connectivity index (χ3n) is 1.20. The smallest absolute Gasteiger partial charge is 0.0660 e. The summed E-state index contributed by atoms with van der Waals surface area (Å²) in [5, 5.41) is 0. The van der Waals surface area contributed by atoms with Gasteiger partial charge in [-0.3, -0.25) is 0 Å². The number of rotatable bonds is 1. The maximum atomic E-state index is 4.44. The minimum atomic E-state index is 0.542.